The van der Waals surface area contributed by atoms with Gasteiger partial charge in [0.2, 0.25) is 0 Å². The molecule has 0 fully saturated rings. The molecular formula is C15H20ClN3O. The first kappa shape index (κ1) is 14.9. The highest BCUT2D eigenvalue weighted by molar-refractivity contribution is 6.31. The highest BCUT2D eigenvalue weighted by atomic mass is 35.5. The average molecular weight is 294 g/mol. The number of aryl methyl sites for hydroxylation is 3. The lowest BCUT2D eigenvalue weighted by molar-refractivity contribution is 0.290. The fraction of sp³-hybridized carbons (Fsp3) is 0.400. The Morgan fingerprint density at radius 2 is 2.10 bits per heavy atom. The van der Waals surface area contributed by atoms with Gasteiger partial charge in [-0.1, -0.05) is 29.3 Å². The van der Waals surface area contributed by atoms with E-state index in [2.05, 4.69) is 11.2 Å². The van der Waals surface area contributed by atoms with Crippen molar-refractivity contribution in [1.29, 1.82) is 0 Å². The lowest BCUT2D eigenvalue weighted by Crippen LogP contribution is -2.10. The summed E-state index contributed by atoms with van der Waals surface area (Å²) in [5, 5.41) is 4.93. The van der Waals surface area contributed by atoms with Crippen molar-refractivity contribution in [2.24, 2.45) is 12.8 Å². The molecule has 0 radical (unpaired) electrons. The Morgan fingerprint density at radius 3 is 2.65 bits per heavy atom. The van der Waals surface area contributed by atoms with Gasteiger partial charge < -0.3 is 10.5 Å². The van der Waals surface area contributed by atoms with Gasteiger partial charge in [0.05, 0.1) is 16.4 Å². The number of hydrogen-bond acceptors (Lipinski definition) is 3. The van der Waals surface area contributed by atoms with Crippen LogP contribution in [0.25, 0.3) is 0 Å². The molecule has 0 aliphatic heterocycles. The molecule has 0 bridgehead atoms. The lowest BCUT2D eigenvalue weighted by Gasteiger charge is -2.15. The monoisotopic (exact) mass is 293 g/mol. The SMILES string of the molecule is Cc1ccc(OCc2c(Cl)c(C)nn2C)c([C@@H](C)N)c1. The van der Waals surface area contributed by atoms with Crippen LogP contribution < -0.4 is 10.5 Å². The number of aromatic nitrogens is 2. The second-order valence-electron chi connectivity index (χ2n) is 5.09. The van der Waals surface area contributed by atoms with Crippen molar-refractivity contribution >= 4 is 11.6 Å². The summed E-state index contributed by atoms with van der Waals surface area (Å²) >= 11 is 6.22. The molecule has 0 saturated heterocycles. The van der Waals surface area contributed by atoms with E-state index in [1.54, 1.807) is 4.68 Å². The smallest absolute Gasteiger partial charge is 0.131 e. The van der Waals surface area contributed by atoms with E-state index in [0.29, 0.717) is 11.6 Å². The number of halogens is 1. The maximum Gasteiger partial charge on any atom is 0.131 e. The average Bonchev–Trinajstić information content (AvgIpc) is 2.62. The Bertz CT molecular complexity index is 620. The summed E-state index contributed by atoms with van der Waals surface area (Å²) in [5.74, 6) is 0.792. The predicted molar refractivity (Wildman–Crippen MR) is 81.1 cm³/mol. The maximum atomic E-state index is 6.22. The van der Waals surface area contributed by atoms with Crippen LogP contribution in [0.4, 0.5) is 0 Å². The van der Waals surface area contributed by atoms with Gasteiger partial charge in [-0.05, 0) is 26.8 Å². The Hall–Kier alpha value is -1.52. The number of nitrogens with two attached hydrogens (primary N) is 1. The molecule has 0 saturated carbocycles. The van der Waals surface area contributed by atoms with Crippen LogP contribution in [0, 0.1) is 13.8 Å². The van der Waals surface area contributed by atoms with Crippen molar-refractivity contribution in [3.8, 4) is 5.75 Å². The molecule has 2 N–H and O–H groups in total. The number of benzene rings is 1. The Kier molecular flexibility index (Phi) is 4.35. The van der Waals surface area contributed by atoms with Gasteiger partial charge in [-0.25, -0.2) is 0 Å². The summed E-state index contributed by atoms with van der Waals surface area (Å²) in [6.45, 7) is 6.24. The van der Waals surface area contributed by atoms with Gasteiger partial charge in [-0.2, -0.15) is 5.10 Å². The quantitative estimate of drug-likeness (QED) is 0.941. The van der Waals surface area contributed by atoms with E-state index in [1.165, 1.54) is 5.56 Å². The predicted octanol–water partition coefficient (Wildman–Crippen LogP) is 3.29. The van der Waals surface area contributed by atoms with Crippen LogP contribution in [-0.2, 0) is 13.7 Å². The summed E-state index contributed by atoms with van der Waals surface area (Å²) < 4.78 is 7.64. The Morgan fingerprint density at radius 1 is 1.40 bits per heavy atom. The maximum absolute atomic E-state index is 6.22. The van der Waals surface area contributed by atoms with Crippen molar-refractivity contribution in [3.05, 3.63) is 45.7 Å². The standard InChI is InChI=1S/C15H20ClN3O/c1-9-5-6-14(12(7-9)10(2)17)20-8-13-15(16)11(3)18-19(13)4/h5-7,10H,8,17H2,1-4H3/t10-/m1/s1. The molecule has 0 amide bonds. The molecule has 108 valence electrons. The van der Waals surface area contributed by atoms with Crippen molar-refractivity contribution in [2.45, 2.75) is 33.4 Å². The molecule has 1 atom stereocenters. The summed E-state index contributed by atoms with van der Waals surface area (Å²) in [6, 6.07) is 5.94. The minimum absolute atomic E-state index is 0.0753. The number of hydrogen-bond donors (Lipinski definition) is 1. The topological polar surface area (TPSA) is 53.1 Å². The zero-order chi connectivity index (χ0) is 14.9. The van der Waals surface area contributed by atoms with Crippen LogP contribution in [0.3, 0.4) is 0 Å². The van der Waals surface area contributed by atoms with Crippen molar-refractivity contribution in [2.75, 3.05) is 0 Å². The van der Waals surface area contributed by atoms with Gasteiger partial charge in [0.25, 0.3) is 0 Å². The second kappa shape index (κ2) is 5.85. The van der Waals surface area contributed by atoms with Crippen LogP contribution >= 0.6 is 11.6 Å². The zero-order valence-corrected chi connectivity index (χ0v) is 13.0. The normalized spacial score (nSPS) is 12.5. The van der Waals surface area contributed by atoms with Gasteiger partial charge in [0.1, 0.15) is 12.4 Å². The van der Waals surface area contributed by atoms with Crippen molar-refractivity contribution in [1.82, 2.24) is 9.78 Å². The third-order valence-corrected chi connectivity index (χ3v) is 3.77. The molecule has 4 nitrogen and oxygen atoms in total. The van der Waals surface area contributed by atoms with E-state index >= 15 is 0 Å². The van der Waals surface area contributed by atoms with Crippen molar-refractivity contribution < 1.29 is 4.74 Å². The fourth-order valence-corrected chi connectivity index (χ4v) is 2.35. The van der Waals surface area contributed by atoms with Crippen LogP contribution in [0.2, 0.25) is 5.02 Å². The Labute approximate surface area is 124 Å². The van der Waals surface area contributed by atoms with Crippen LogP contribution in [0.15, 0.2) is 18.2 Å². The molecule has 0 aliphatic carbocycles. The number of rotatable bonds is 4. The zero-order valence-electron chi connectivity index (χ0n) is 12.3. The molecule has 1 aromatic heterocycles. The van der Waals surface area contributed by atoms with Crippen LogP contribution in [-0.4, -0.2) is 9.78 Å². The Balaban J connectivity index is 2.23. The van der Waals surface area contributed by atoms with E-state index < -0.39 is 0 Å². The molecule has 0 spiro atoms. The third kappa shape index (κ3) is 2.97. The highest BCUT2D eigenvalue weighted by Gasteiger charge is 2.14. The molecular weight excluding hydrogens is 274 g/mol. The van der Waals surface area contributed by atoms with Gasteiger partial charge in [0, 0.05) is 18.7 Å². The van der Waals surface area contributed by atoms with Gasteiger partial charge in [-0.3, -0.25) is 4.68 Å². The van der Waals surface area contributed by atoms with Gasteiger partial charge >= 0.3 is 0 Å². The molecule has 2 aromatic rings. The van der Waals surface area contributed by atoms with E-state index in [9.17, 15) is 0 Å². The molecule has 2 rings (SSSR count). The highest BCUT2D eigenvalue weighted by Crippen LogP contribution is 2.27. The minimum atomic E-state index is -0.0753. The van der Waals surface area contributed by atoms with E-state index in [-0.39, 0.29) is 6.04 Å². The van der Waals surface area contributed by atoms with E-state index in [4.69, 9.17) is 22.1 Å². The van der Waals surface area contributed by atoms with Crippen molar-refractivity contribution in [3.63, 3.8) is 0 Å². The summed E-state index contributed by atoms with van der Waals surface area (Å²) in [7, 11) is 1.86. The van der Waals surface area contributed by atoms with Gasteiger partial charge in [-0.15, -0.1) is 0 Å². The van der Waals surface area contributed by atoms with Crippen LogP contribution in [0.1, 0.15) is 35.5 Å². The van der Waals surface area contributed by atoms with Crippen LogP contribution in [0.5, 0.6) is 5.75 Å². The first-order valence-electron chi connectivity index (χ1n) is 6.57. The second-order valence-corrected chi connectivity index (χ2v) is 5.47. The molecule has 20 heavy (non-hydrogen) atoms. The fourth-order valence-electron chi connectivity index (χ4n) is 2.14. The van der Waals surface area contributed by atoms with E-state index in [1.807, 2.05) is 40.0 Å². The summed E-state index contributed by atoms with van der Waals surface area (Å²) in [5.41, 5.74) is 9.83. The minimum Gasteiger partial charge on any atom is -0.487 e. The number of ether oxygens (including phenoxy) is 1. The molecule has 1 heterocycles. The third-order valence-electron chi connectivity index (χ3n) is 3.28. The van der Waals surface area contributed by atoms with Gasteiger partial charge in [0.15, 0.2) is 0 Å². The first-order chi connectivity index (χ1) is 9.40. The summed E-state index contributed by atoms with van der Waals surface area (Å²) in [6.07, 6.45) is 0. The molecule has 5 heteroatoms. The number of nitrogens with zero attached hydrogens (tertiary/aromatic N) is 2. The summed E-state index contributed by atoms with van der Waals surface area (Å²) in [4.78, 5) is 0. The molecule has 1 aromatic carbocycles. The molecule has 0 unspecified atom stereocenters. The lowest BCUT2D eigenvalue weighted by atomic mass is 10.1. The largest absolute Gasteiger partial charge is 0.487 e. The van der Waals surface area contributed by atoms with E-state index in [0.717, 1.165) is 22.7 Å². The molecule has 0 aliphatic rings. The first-order valence-corrected chi connectivity index (χ1v) is 6.95.